The summed E-state index contributed by atoms with van der Waals surface area (Å²) in [7, 11) is 0. The molecule has 3 rings (SSSR count). The van der Waals surface area contributed by atoms with Crippen molar-refractivity contribution in [2.45, 2.75) is 13.3 Å². The first-order valence-electron chi connectivity index (χ1n) is 10.1. The van der Waals surface area contributed by atoms with E-state index in [0.29, 0.717) is 27.5 Å². The predicted molar refractivity (Wildman–Crippen MR) is 128 cm³/mol. The number of nitrogens with one attached hydrogen (secondary N) is 2. The SMILES string of the molecule is C/C(=N\NC(=O)C(=O)Nc1ccc(CC#N)cc1)c1ccccc1OC(=O)c1ccc(Cl)cc1. The van der Waals surface area contributed by atoms with E-state index >= 15 is 0 Å². The van der Waals surface area contributed by atoms with Gasteiger partial charge in [-0.2, -0.15) is 10.4 Å². The highest BCUT2D eigenvalue weighted by Crippen LogP contribution is 2.21. The van der Waals surface area contributed by atoms with Gasteiger partial charge in [-0.1, -0.05) is 35.9 Å². The van der Waals surface area contributed by atoms with Gasteiger partial charge >= 0.3 is 17.8 Å². The number of hydrogen-bond acceptors (Lipinski definition) is 6. The summed E-state index contributed by atoms with van der Waals surface area (Å²) in [4.78, 5) is 36.7. The average Bonchev–Trinajstić information content (AvgIpc) is 2.84. The van der Waals surface area contributed by atoms with Crippen LogP contribution in [0.25, 0.3) is 0 Å². The summed E-state index contributed by atoms with van der Waals surface area (Å²) >= 11 is 5.85. The van der Waals surface area contributed by atoms with Crippen molar-refractivity contribution in [2.24, 2.45) is 5.10 Å². The number of halogens is 1. The van der Waals surface area contributed by atoms with E-state index in [9.17, 15) is 14.4 Å². The van der Waals surface area contributed by atoms with E-state index in [4.69, 9.17) is 21.6 Å². The minimum Gasteiger partial charge on any atom is -0.422 e. The van der Waals surface area contributed by atoms with Crippen LogP contribution in [-0.2, 0) is 16.0 Å². The molecule has 9 heteroatoms. The molecule has 2 amide bonds. The number of ether oxygens (including phenoxy) is 1. The maximum atomic E-state index is 12.4. The third kappa shape index (κ3) is 6.51. The Balaban J connectivity index is 1.65. The van der Waals surface area contributed by atoms with Gasteiger partial charge < -0.3 is 10.1 Å². The molecule has 0 spiro atoms. The number of rotatable bonds is 6. The lowest BCUT2D eigenvalue weighted by Crippen LogP contribution is -2.33. The Hall–Kier alpha value is -4.48. The fraction of sp³-hybridized carbons (Fsp3) is 0.0800. The summed E-state index contributed by atoms with van der Waals surface area (Å²) < 4.78 is 5.48. The minimum absolute atomic E-state index is 0.236. The average molecular weight is 475 g/mol. The fourth-order valence-corrected chi connectivity index (χ4v) is 2.96. The van der Waals surface area contributed by atoms with Crippen molar-refractivity contribution in [1.82, 2.24) is 5.43 Å². The van der Waals surface area contributed by atoms with Crippen molar-refractivity contribution in [1.29, 1.82) is 5.26 Å². The second-order valence-electron chi connectivity index (χ2n) is 7.02. The van der Waals surface area contributed by atoms with E-state index < -0.39 is 17.8 Å². The molecular weight excluding hydrogens is 456 g/mol. The molecule has 0 bridgehead atoms. The zero-order valence-corrected chi connectivity index (χ0v) is 18.8. The molecule has 0 saturated carbocycles. The smallest absolute Gasteiger partial charge is 0.343 e. The zero-order valence-electron chi connectivity index (χ0n) is 18.0. The summed E-state index contributed by atoms with van der Waals surface area (Å²) in [6.45, 7) is 1.60. The molecule has 0 atom stereocenters. The van der Waals surface area contributed by atoms with Crippen LogP contribution in [0.4, 0.5) is 5.69 Å². The van der Waals surface area contributed by atoms with Gasteiger partial charge in [0.2, 0.25) is 0 Å². The number of nitrogens with zero attached hydrogens (tertiary/aromatic N) is 2. The Kier molecular flexibility index (Phi) is 8.11. The molecule has 34 heavy (non-hydrogen) atoms. The van der Waals surface area contributed by atoms with Crippen LogP contribution in [0.2, 0.25) is 5.02 Å². The molecule has 0 radical (unpaired) electrons. The summed E-state index contributed by atoms with van der Waals surface area (Å²) in [5, 5.41) is 15.6. The lowest BCUT2D eigenvalue weighted by atomic mass is 10.1. The molecule has 8 nitrogen and oxygen atoms in total. The van der Waals surface area contributed by atoms with Crippen LogP contribution in [0, 0.1) is 11.3 Å². The third-order valence-corrected chi connectivity index (χ3v) is 4.84. The maximum absolute atomic E-state index is 12.4. The number of anilines is 1. The maximum Gasteiger partial charge on any atom is 0.343 e. The molecule has 170 valence electrons. The summed E-state index contributed by atoms with van der Waals surface area (Å²) in [6, 6.07) is 21.5. The molecule has 0 aromatic heterocycles. The van der Waals surface area contributed by atoms with Gasteiger partial charge in [0.15, 0.2) is 0 Å². The zero-order chi connectivity index (χ0) is 24.5. The quantitative estimate of drug-likeness (QED) is 0.183. The second kappa shape index (κ2) is 11.4. The van der Waals surface area contributed by atoms with Gasteiger partial charge in [0, 0.05) is 16.3 Å². The monoisotopic (exact) mass is 474 g/mol. The second-order valence-corrected chi connectivity index (χ2v) is 7.45. The Morgan fingerprint density at radius 1 is 0.971 bits per heavy atom. The van der Waals surface area contributed by atoms with Crippen LogP contribution in [-0.4, -0.2) is 23.5 Å². The molecule has 0 saturated heterocycles. The van der Waals surface area contributed by atoms with Crippen LogP contribution >= 0.6 is 11.6 Å². The lowest BCUT2D eigenvalue weighted by Gasteiger charge is -2.10. The number of hydrazone groups is 1. The van der Waals surface area contributed by atoms with Crippen LogP contribution in [0.3, 0.4) is 0 Å². The van der Waals surface area contributed by atoms with Crippen LogP contribution in [0.15, 0.2) is 77.9 Å². The number of para-hydroxylation sites is 1. The predicted octanol–water partition coefficient (Wildman–Crippen LogP) is 4.10. The van der Waals surface area contributed by atoms with Crippen molar-refractivity contribution in [3.63, 3.8) is 0 Å². The van der Waals surface area contributed by atoms with Crippen molar-refractivity contribution in [3.8, 4) is 11.8 Å². The Labute approximate surface area is 200 Å². The largest absolute Gasteiger partial charge is 0.422 e. The third-order valence-electron chi connectivity index (χ3n) is 4.59. The number of carbonyl (C=O) groups excluding carboxylic acids is 3. The van der Waals surface area contributed by atoms with Crippen molar-refractivity contribution in [3.05, 3.63) is 94.5 Å². The molecule has 0 fully saturated rings. The Morgan fingerprint density at radius 3 is 2.32 bits per heavy atom. The van der Waals surface area contributed by atoms with Gasteiger partial charge in [0.25, 0.3) is 0 Å². The molecule has 0 aliphatic rings. The normalized spacial score (nSPS) is 10.7. The van der Waals surface area contributed by atoms with Crippen LogP contribution in [0.1, 0.15) is 28.4 Å². The highest BCUT2D eigenvalue weighted by molar-refractivity contribution is 6.39. The van der Waals surface area contributed by atoms with Gasteiger partial charge in [-0.25, -0.2) is 10.2 Å². The molecule has 0 aliphatic carbocycles. The number of benzene rings is 3. The number of carbonyl (C=O) groups is 3. The van der Waals surface area contributed by atoms with Gasteiger partial charge in [-0.15, -0.1) is 0 Å². The van der Waals surface area contributed by atoms with E-state index in [2.05, 4.69) is 15.8 Å². The highest BCUT2D eigenvalue weighted by atomic mass is 35.5. The first-order chi connectivity index (χ1) is 16.4. The summed E-state index contributed by atoms with van der Waals surface area (Å²) in [5.41, 5.74) is 4.48. The van der Waals surface area contributed by atoms with Gasteiger partial charge in [0.05, 0.1) is 23.8 Å². The van der Waals surface area contributed by atoms with Gasteiger partial charge in [0.1, 0.15) is 5.75 Å². The van der Waals surface area contributed by atoms with E-state index in [1.54, 1.807) is 79.7 Å². The highest BCUT2D eigenvalue weighted by Gasteiger charge is 2.16. The molecular formula is C25H19ClN4O4. The minimum atomic E-state index is -0.976. The molecule has 3 aromatic carbocycles. The summed E-state index contributed by atoms with van der Waals surface area (Å²) in [6.07, 6.45) is 0.249. The molecule has 0 heterocycles. The van der Waals surface area contributed by atoms with Crippen LogP contribution < -0.4 is 15.5 Å². The van der Waals surface area contributed by atoms with E-state index in [1.807, 2.05) is 6.07 Å². The first-order valence-corrected chi connectivity index (χ1v) is 10.4. The topological polar surface area (TPSA) is 121 Å². The molecule has 2 N–H and O–H groups in total. The van der Waals surface area contributed by atoms with E-state index in [-0.39, 0.29) is 12.2 Å². The van der Waals surface area contributed by atoms with Crippen molar-refractivity contribution >= 4 is 40.8 Å². The van der Waals surface area contributed by atoms with Gasteiger partial charge in [-0.05, 0) is 61.0 Å². The van der Waals surface area contributed by atoms with Crippen molar-refractivity contribution in [2.75, 3.05) is 5.32 Å². The lowest BCUT2D eigenvalue weighted by molar-refractivity contribution is -0.136. The van der Waals surface area contributed by atoms with Gasteiger partial charge in [-0.3, -0.25) is 9.59 Å². The molecule has 3 aromatic rings. The number of amides is 2. The summed E-state index contributed by atoms with van der Waals surface area (Å²) in [5.74, 6) is -2.23. The number of nitriles is 1. The fourth-order valence-electron chi connectivity index (χ4n) is 2.83. The molecule has 0 aliphatic heterocycles. The van der Waals surface area contributed by atoms with E-state index in [1.165, 1.54) is 0 Å². The van der Waals surface area contributed by atoms with E-state index in [0.717, 1.165) is 5.56 Å². The Bertz CT molecular complexity index is 1280. The number of hydrogen-bond donors (Lipinski definition) is 2. The first kappa shape index (κ1) is 24.2. The van der Waals surface area contributed by atoms with Crippen molar-refractivity contribution < 1.29 is 19.1 Å². The Morgan fingerprint density at radius 2 is 1.65 bits per heavy atom. The number of esters is 1. The van der Waals surface area contributed by atoms with Crippen LogP contribution in [0.5, 0.6) is 5.75 Å². The molecule has 0 unspecified atom stereocenters. The standard InChI is InChI=1S/C25H19ClN4O4/c1-16(29-30-24(32)23(31)28-20-12-6-17(7-13-20)14-15-27)21-4-2-3-5-22(21)34-25(33)18-8-10-19(26)11-9-18/h2-13H,14H2,1H3,(H,28,31)(H,30,32)/b29-16+.